The zero-order valence-corrected chi connectivity index (χ0v) is 14.1. The van der Waals surface area contributed by atoms with E-state index in [1.165, 1.54) is 16.4 Å². The van der Waals surface area contributed by atoms with Gasteiger partial charge in [0.1, 0.15) is 0 Å². The van der Waals surface area contributed by atoms with Gasteiger partial charge in [-0.05, 0) is 37.1 Å². The molecule has 0 unspecified atom stereocenters. The van der Waals surface area contributed by atoms with Crippen LogP contribution < -0.4 is 5.32 Å². The van der Waals surface area contributed by atoms with Gasteiger partial charge in [0.25, 0.3) is 0 Å². The molecule has 1 saturated heterocycles. The quantitative estimate of drug-likeness (QED) is 0.852. The molecule has 130 valence electrons. The first-order valence-corrected chi connectivity index (χ1v) is 10.3. The molecule has 0 amide bonds. The summed E-state index contributed by atoms with van der Waals surface area (Å²) in [5, 5.41) is 3.10. The van der Waals surface area contributed by atoms with Gasteiger partial charge in [-0.1, -0.05) is 0 Å². The second kappa shape index (κ2) is 6.70. The molecular weight excluding hydrogens is 350 g/mol. The van der Waals surface area contributed by atoms with Crippen molar-refractivity contribution in [2.45, 2.75) is 29.5 Å². The van der Waals surface area contributed by atoms with Crippen LogP contribution in [0.4, 0.5) is 14.5 Å². The zero-order chi connectivity index (χ0) is 17.3. The first-order chi connectivity index (χ1) is 10.6. The molecule has 1 aromatic rings. The third kappa shape index (κ3) is 4.39. The number of halogens is 2. The van der Waals surface area contributed by atoms with Crippen LogP contribution in [0.5, 0.6) is 0 Å². The van der Waals surface area contributed by atoms with E-state index in [0.717, 1.165) is 24.8 Å². The lowest BCUT2D eigenvalue weighted by atomic mass is 10.1. The number of piperidine rings is 1. The van der Waals surface area contributed by atoms with Gasteiger partial charge in [-0.2, -0.15) is 8.78 Å². The van der Waals surface area contributed by atoms with Gasteiger partial charge in [-0.25, -0.2) is 21.1 Å². The minimum absolute atomic E-state index is 0.115. The van der Waals surface area contributed by atoms with E-state index in [4.69, 9.17) is 0 Å². The Kier molecular flexibility index (Phi) is 5.27. The minimum Gasteiger partial charge on any atom is -0.381 e. The first-order valence-electron chi connectivity index (χ1n) is 6.94. The Morgan fingerprint density at radius 2 is 1.78 bits per heavy atom. The molecule has 1 aliphatic rings. The van der Waals surface area contributed by atoms with Crippen LogP contribution in [0.2, 0.25) is 0 Å². The number of hydrogen-bond acceptors (Lipinski definition) is 5. The fraction of sp³-hybridized carbons (Fsp3) is 0.538. The zero-order valence-electron chi connectivity index (χ0n) is 12.4. The summed E-state index contributed by atoms with van der Waals surface area (Å²) in [7, 11) is -7.86. The van der Waals surface area contributed by atoms with Crippen molar-refractivity contribution in [2.75, 3.05) is 24.7 Å². The summed E-state index contributed by atoms with van der Waals surface area (Å²) in [6.45, 7) is 0.790. The molecule has 1 heterocycles. The van der Waals surface area contributed by atoms with Crippen molar-refractivity contribution in [3.63, 3.8) is 0 Å². The summed E-state index contributed by atoms with van der Waals surface area (Å²) in [5.74, 6) is -3.46. The number of sulfonamides is 1. The molecule has 0 aliphatic carbocycles. The summed E-state index contributed by atoms with van der Waals surface area (Å²) >= 11 is 0. The third-order valence-electron chi connectivity index (χ3n) is 3.64. The van der Waals surface area contributed by atoms with Gasteiger partial charge in [0.15, 0.2) is 0 Å². The van der Waals surface area contributed by atoms with Crippen LogP contribution in [-0.4, -0.2) is 52.3 Å². The maximum atomic E-state index is 12.5. The van der Waals surface area contributed by atoms with E-state index < -0.39 is 30.5 Å². The SMILES string of the molecule is CS(=O)(=O)N1CCC[C@H](Nc2ccc(S(=O)(=O)C(F)F)cc2)C1. The number of hydrogen-bond donors (Lipinski definition) is 1. The molecule has 1 aromatic carbocycles. The van der Waals surface area contributed by atoms with Gasteiger partial charge in [0.2, 0.25) is 19.9 Å². The topological polar surface area (TPSA) is 83.6 Å². The molecule has 1 atom stereocenters. The molecule has 1 aliphatic heterocycles. The highest BCUT2D eigenvalue weighted by molar-refractivity contribution is 7.91. The normalized spacial score (nSPS) is 20.6. The highest BCUT2D eigenvalue weighted by atomic mass is 32.2. The predicted octanol–water partition coefficient (Wildman–Crippen LogP) is 1.52. The Labute approximate surface area is 134 Å². The monoisotopic (exact) mass is 368 g/mol. The number of rotatable bonds is 5. The maximum absolute atomic E-state index is 12.5. The average molecular weight is 368 g/mol. The number of benzene rings is 1. The Hall–Kier alpha value is -1.26. The summed E-state index contributed by atoms with van der Waals surface area (Å²) in [6, 6.07) is 4.90. The fourth-order valence-electron chi connectivity index (χ4n) is 2.44. The van der Waals surface area contributed by atoms with E-state index in [-0.39, 0.29) is 6.04 Å². The van der Waals surface area contributed by atoms with E-state index in [0.29, 0.717) is 25.2 Å². The summed E-state index contributed by atoms with van der Waals surface area (Å²) in [4.78, 5) is -0.445. The van der Waals surface area contributed by atoms with E-state index in [9.17, 15) is 25.6 Å². The van der Waals surface area contributed by atoms with Crippen molar-refractivity contribution < 1.29 is 25.6 Å². The van der Waals surface area contributed by atoms with E-state index in [2.05, 4.69) is 5.32 Å². The van der Waals surface area contributed by atoms with Gasteiger partial charge in [-0.3, -0.25) is 0 Å². The lowest BCUT2D eigenvalue weighted by molar-refractivity contribution is 0.234. The first kappa shape index (κ1) is 18.1. The lowest BCUT2D eigenvalue weighted by Gasteiger charge is -2.32. The van der Waals surface area contributed by atoms with Gasteiger partial charge < -0.3 is 5.32 Å². The van der Waals surface area contributed by atoms with E-state index in [1.54, 1.807) is 0 Å². The third-order valence-corrected chi connectivity index (χ3v) is 6.31. The van der Waals surface area contributed by atoms with Gasteiger partial charge in [0, 0.05) is 24.8 Å². The maximum Gasteiger partial charge on any atom is 0.341 e. The molecule has 0 aromatic heterocycles. The van der Waals surface area contributed by atoms with Crippen molar-refractivity contribution in [1.29, 1.82) is 0 Å². The summed E-state index contributed by atoms with van der Waals surface area (Å²) < 4.78 is 72.1. The van der Waals surface area contributed by atoms with Gasteiger partial charge in [0.05, 0.1) is 11.2 Å². The van der Waals surface area contributed by atoms with Crippen LogP contribution in [0.1, 0.15) is 12.8 Å². The largest absolute Gasteiger partial charge is 0.381 e. The second-order valence-corrected chi connectivity index (χ2v) is 9.33. The van der Waals surface area contributed by atoms with Gasteiger partial charge >= 0.3 is 5.76 Å². The molecule has 0 radical (unpaired) electrons. The second-order valence-electron chi connectivity index (χ2n) is 5.43. The summed E-state index contributed by atoms with van der Waals surface area (Å²) in [6.07, 6.45) is 2.63. The van der Waals surface area contributed by atoms with E-state index >= 15 is 0 Å². The lowest BCUT2D eigenvalue weighted by Crippen LogP contribution is -2.44. The highest BCUT2D eigenvalue weighted by Crippen LogP contribution is 2.22. The van der Waals surface area contributed by atoms with Crippen molar-refractivity contribution in [3.05, 3.63) is 24.3 Å². The molecule has 0 bridgehead atoms. The molecule has 0 spiro atoms. The smallest absolute Gasteiger partial charge is 0.341 e. The van der Waals surface area contributed by atoms with Crippen molar-refractivity contribution in [2.24, 2.45) is 0 Å². The number of anilines is 1. The predicted molar refractivity (Wildman–Crippen MR) is 82.7 cm³/mol. The molecule has 0 saturated carbocycles. The molecule has 1 fully saturated rings. The Balaban J connectivity index is 2.07. The molecule has 2 rings (SSSR count). The van der Waals surface area contributed by atoms with Crippen molar-refractivity contribution in [1.82, 2.24) is 4.31 Å². The van der Waals surface area contributed by atoms with Crippen LogP contribution in [0.3, 0.4) is 0 Å². The summed E-state index contributed by atoms with van der Waals surface area (Å²) in [5.41, 5.74) is 0.554. The van der Waals surface area contributed by atoms with Crippen LogP contribution >= 0.6 is 0 Å². The van der Waals surface area contributed by atoms with Crippen LogP contribution in [0.25, 0.3) is 0 Å². The molecule has 1 N–H and O–H groups in total. The molecule has 6 nitrogen and oxygen atoms in total. The van der Waals surface area contributed by atoms with Crippen LogP contribution in [0, 0.1) is 0 Å². The minimum atomic E-state index is -4.60. The molecular formula is C13H18F2N2O4S2. The number of nitrogens with one attached hydrogen (secondary N) is 1. The van der Waals surface area contributed by atoms with Crippen molar-refractivity contribution >= 4 is 25.5 Å². The Morgan fingerprint density at radius 1 is 1.17 bits per heavy atom. The molecule has 23 heavy (non-hydrogen) atoms. The standard InChI is InChI=1S/C13H18F2N2O4S2/c1-22(18,19)17-8-2-3-11(9-17)16-10-4-6-12(7-5-10)23(20,21)13(14)15/h4-7,11,13,16H,2-3,8-9H2,1H3/t11-/m0/s1. The Morgan fingerprint density at radius 3 is 2.30 bits per heavy atom. The van der Waals surface area contributed by atoms with Gasteiger partial charge in [-0.15, -0.1) is 0 Å². The number of nitrogens with zero attached hydrogens (tertiary/aromatic N) is 1. The van der Waals surface area contributed by atoms with Crippen LogP contribution in [-0.2, 0) is 19.9 Å². The average Bonchev–Trinajstić information content (AvgIpc) is 2.47. The fourth-order valence-corrected chi connectivity index (χ4v) is 4.07. The van der Waals surface area contributed by atoms with Crippen LogP contribution in [0.15, 0.2) is 29.2 Å². The Bertz CT molecular complexity index is 749. The number of sulfone groups is 1. The highest BCUT2D eigenvalue weighted by Gasteiger charge is 2.27. The molecule has 10 heteroatoms. The number of alkyl halides is 2. The van der Waals surface area contributed by atoms with Crippen molar-refractivity contribution in [3.8, 4) is 0 Å². The van der Waals surface area contributed by atoms with E-state index in [1.807, 2.05) is 0 Å².